The number of benzene rings is 2. The van der Waals surface area contributed by atoms with Crippen molar-refractivity contribution in [3.05, 3.63) is 69.7 Å². The molecule has 0 saturated heterocycles. The van der Waals surface area contributed by atoms with E-state index in [0.29, 0.717) is 12.6 Å². The molecule has 0 bridgehead atoms. The van der Waals surface area contributed by atoms with Gasteiger partial charge in [-0.1, -0.05) is 58.4 Å². The van der Waals surface area contributed by atoms with Gasteiger partial charge >= 0.3 is 0 Å². The minimum Gasteiger partial charge on any atom is -0.380 e. The molecule has 106 valence electrons. The number of hydrogen-bond donors (Lipinski definition) is 1. The predicted molar refractivity (Wildman–Crippen MR) is 86.6 cm³/mol. The zero-order chi connectivity index (χ0) is 14.4. The van der Waals surface area contributed by atoms with Crippen LogP contribution in [0.15, 0.2) is 53.0 Å². The molecule has 20 heavy (non-hydrogen) atoms. The molecule has 2 aromatic carbocycles. The summed E-state index contributed by atoms with van der Waals surface area (Å²) in [7, 11) is 1.73. The average Bonchev–Trinajstić information content (AvgIpc) is 2.47. The maximum atomic E-state index is 5.24. The van der Waals surface area contributed by atoms with E-state index in [2.05, 4.69) is 70.6 Å². The molecule has 0 aliphatic heterocycles. The molecule has 1 atom stereocenters. The lowest BCUT2D eigenvalue weighted by molar-refractivity contribution is 0.184. The van der Waals surface area contributed by atoms with Crippen molar-refractivity contribution in [3.8, 4) is 0 Å². The third-order valence-corrected chi connectivity index (χ3v) is 4.11. The highest BCUT2D eigenvalue weighted by Crippen LogP contribution is 2.23. The van der Waals surface area contributed by atoms with Crippen LogP contribution in [0.4, 0.5) is 0 Å². The van der Waals surface area contributed by atoms with Crippen LogP contribution in [0.1, 0.15) is 29.7 Å². The molecule has 3 heteroatoms. The highest BCUT2D eigenvalue weighted by Gasteiger charge is 2.09. The lowest BCUT2D eigenvalue weighted by atomic mass is 10.1. The maximum Gasteiger partial charge on any atom is 0.0716 e. The van der Waals surface area contributed by atoms with Gasteiger partial charge in [0.25, 0.3) is 0 Å². The van der Waals surface area contributed by atoms with E-state index >= 15 is 0 Å². The Morgan fingerprint density at radius 1 is 1.05 bits per heavy atom. The second-order valence-electron chi connectivity index (χ2n) is 4.83. The van der Waals surface area contributed by atoms with E-state index in [1.165, 1.54) is 16.7 Å². The SMILES string of the molecule is COCc1ccccc1CN[C@H](C)c1ccccc1Br. The van der Waals surface area contributed by atoms with E-state index in [-0.39, 0.29) is 0 Å². The summed E-state index contributed by atoms with van der Waals surface area (Å²) in [5.74, 6) is 0. The number of nitrogens with one attached hydrogen (secondary N) is 1. The van der Waals surface area contributed by atoms with E-state index < -0.39 is 0 Å². The molecule has 0 unspecified atom stereocenters. The zero-order valence-corrected chi connectivity index (χ0v) is 13.5. The smallest absolute Gasteiger partial charge is 0.0716 e. The van der Waals surface area contributed by atoms with Gasteiger partial charge in [-0.2, -0.15) is 0 Å². The normalized spacial score (nSPS) is 12.3. The van der Waals surface area contributed by atoms with Gasteiger partial charge in [0.1, 0.15) is 0 Å². The highest BCUT2D eigenvalue weighted by molar-refractivity contribution is 9.10. The van der Waals surface area contributed by atoms with Gasteiger partial charge in [0, 0.05) is 24.2 Å². The summed E-state index contributed by atoms with van der Waals surface area (Å²) in [6.07, 6.45) is 0. The molecule has 0 aliphatic rings. The molecular formula is C17H20BrNO. The van der Waals surface area contributed by atoms with Gasteiger partial charge in [-0.15, -0.1) is 0 Å². The number of rotatable bonds is 6. The average molecular weight is 334 g/mol. The van der Waals surface area contributed by atoms with Gasteiger partial charge in [-0.05, 0) is 29.7 Å². The van der Waals surface area contributed by atoms with Crippen molar-refractivity contribution in [1.29, 1.82) is 0 Å². The minimum atomic E-state index is 0.293. The molecule has 0 amide bonds. The summed E-state index contributed by atoms with van der Waals surface area (Å²) in [6, 6.07) is 17.0. The quantitative estimate of drug-likeness (QED) is 0.843. The molecule has 0 aromatic heterocycles. The zero-order valence-electron chi connectivity index (χ0n) is 11.9. The van der Waals surface area contributed by atoms with Crippen molar-refractivity contribution in [2.75, 3.05) is 7.11 Å². The number of methoxy groups -OCH3 is 1. The molecular weight excluding hydrogens is 314 g/mol. The summed E-state index contributed by atoms with van der Waals surface area (Å²) in [4.78, 5) is 0. The molecule has 1 N–H and O–H groups in total. The third kappa shape index (κ3) is 3.92. The summed E-state index contributed by atoms with van der Waals surface area (Å²) >= 11 is 3.60. The van der Waals surface area contributed by atoms with Crippen LogP contribution >= 0.6 is 15.9 Å². The molecule has 0 fully saturated rings. The molecule has 0 spiro atoms. The Kier molecular flexibility index (Phi) is 5.77. The molecule has 0 radical (unpaired) electrons. The number of ether oxygens (including phenoxy) is 1. The first-order valence-electron chi connectivity index (χ1n) is 6.76. The first-order chi connectivity index (χ1) is 9.72. The van der Waals surface area contributed by atoms with E-state index in [1.54, 1.807) is 7.11 Å². The van der Waals surface area contributed by atoms with Gasteiger partial charge in [-0.25, -0.2) is 0 Å². The van der Waals surface area contributed by atoms with Crippen LogP contribution < -0.4 is 5.32 Å². The fraction of sp³-hybridized carbons (Fsp3) is 0.294. The molecule has 2 rings (SSSR count). The van der Waals surface area contributed by atoms with Crippen molar-refractivity contribution in [1.82, 2.24) is 5.32 Å². The van der Waals surface area contributed by atoms with Crippen LogP contribution in [0.2, 0.25) is 0 Å². The van der Waals surface area contributed by atoms with E-state index in [9.17, 15) is 0 Å². The van der Waals surface area contributed by atoms with Gasteiger partial charge < -0.3 is 10.1 Å². The topological polar surface area (TPSA) is 21.3 Å². The number of hydrogen-bond acceptors (Lipinski definition) is 2. The van der Waals surface area contributed by atoms with Crippen molar-refractivity contribution in [2.24, 2.45) is 0 Å². The Balaban J connectivity index is 2.04. The maximum absolute atomic E-state index is 5.24. The Bertz CT molecular complexity index is 556. The van der Waals surface area contributed by atoms with E-state index in [4.69, 9.17) is 4.74 Å². The number of halogens is 1. The standard InChI is InChI=1S/C17H20BrNO/c1-13(16-9-5-6-10-17(16)18)19-11-14-7-3-4-8-15(14)12-20-2/h3-10,13,19H,11-12H2,1-2H3/t13-/m1/s1. The molecule has 0 saturated carbocycles. The Labute approximate surface area is 129 Å². The Hall–Kier alpha value is -1.16. The summed E-state index contributed by atoms with van der Waals surface area (Å²) in [5.41, 5.74) is 3.80. The molecule has 0 heterocycles. The van der Waals surface area contributed by atoms with Gasteiger partial charge in [0.2, 0.25) is 0 Å². The lowest BCUT2D eigenvalue weighted by Crippen LogP contribution is -2.19. The lowest BCUT2D eigenvalue weighted by Gasteiger charge is -2.17. The molecule has 0 aliphatic carbocycles. The summed E-state index contributed by atoms with van der Waals surface area (Å²) in [6.45, 7) is 3.67. The highest BCUT2D eigenvalue weighted by atomic mass is 79.9. The monoisotopic (exact) mass is 333 g/mol. The van der Waals surface area contributed by atoms with Crippen LogP contribution in [0.5, 0.6) is 0 Å². The fourth-order valence-corrected chi connectivity index (χ4v) is 2.85. The van der Waals surface area contributed by atoms with Gasteiger partial charge in [-0.3, -0.25) is 0 Å². The first kappa shape index (κ1) is 15.2. The van der Waals surface area contributed by atoms with E-state index in [1.807, 2.05) is 6.07 Å². The van der Waals surface area contributed by atoms with Crippen LogP contribution in [0.3, 0.4) is 0 Å². The van der Waals surface area contributed by atoms with Crippen LogP contribution in [-0.2, 0) is 17.9 Å². The first-order valence-corrected chi connectivity index (χ1v) is 7.55. The van der Waals surface area contributed by atoms with E-state index in [0.717, 1.165) is 11.0 Å². The van der Waals surface area contributed by atoms with Crippen molar-refractivity contribution >= 4 is 15.9 Å². The summed E-state index contributed by atoms with van der Waals surface area (Å²) in [5, 5.41) is 3.57. The van der Waals surface area contributed by atoms with Crippen molar-refractivity contribution < 1.29 is 4.74 Å². The van der Waals surface area contributed by atoms with Crippen LogP contribution in [-0.4, -0.2) is 7.11 Å². The van der Waals surface area contributed by atoms with Gasteiger partial charge in [0.05, 0.1) is 6.61 Å². The second kappa shape index (κ2) is 7.58. The second-order valence-corrected chi connectivity index (χ2v) is 5.68. The Morgan fingerprint density at radius 3 is 2.40 bits per heavy atom. The largest absolute Gasteiger partial charge is 0.380 e. The summed E-state index contributed by atoms with van der Waals surface area (Å²) < 4.78 is 6.39. The predicted octanol–water partition coefficient (Wildman–Crippen LogP) is 4.45. The van der Waals surface area contributed by atoms with Crippen molar-refractivity contribution in [2.45, 2.75) is 26.1 Å². The van der Waals surface area contributed by atoms with Crippen LogP contribution in [0.25, 0.3) is 0 Å². The van der Waals surface area contributed by atoms with Crippen molar-refractivity contribution in [3.63, 3.8) is 0 Å². The molecule has 2 nitrogen and oxygen atoms in total. The van der Waals surface area contributed by atoms with Crippen LogP contribution in [0, 0.1) is 0 Å². The molecule has 2 aromatic rings. The minimum absolute atomic E-state index is 0.293. The third-order valence-electron chi connectivity index (χ3n) is 3.39. The fourth-order valence-electron chi connectivity index (χ4n) is 2.23. The van der Waals surface area contributed by atoms with Gasteiger partial charge in [0.15, 0.2) is 0 Å². The Morgan fingerprint density at radius 2 is 1.70 bits per heavy atom.